The van der Waals surface area contributed by atoms with Gasteiger partial charge in [0.25, 0.3) is 0 Å². The lowest BCUT2D eigenvalue weighted by molar-refractivity contribution is -0.130. The van der Waals surface area contributed by atoms with Crippen molar-refractivity contribution in [2.24, 2.45) is 5.73 Å². The van der Waals surface area contributed by atoms with Crippen molar-refractivity contribution in [3.8, 4) is 0 Å². The quantitative estimate of drug-likeness (QED) is 0.843. The minimum atomic E-state index is 0.0300. The molecule has 1 unspecified atom stereocenters. The SMILES string of the molecule is Cc1ccccc1CCC(=O)N(C)CC(C)N. The van der Waals surface area contributed by atoms with Crippen LogP contribution in [0.15, 0.2) is 24.3 Å². The molecule has 0 aromatic heterocycles. The highest BCUT2D eigenvalue weighted by Crippen LogP contribution is 2.10. The number of carbonyl (C=O) groups is 1. The lowest BCUT2D eigenvalue weighted by Crippen LogP contribution is -2.37. The van der Waals surface area contributed by atoms with Crippen LogP contribution in [-0.2, 0) is 11.2 Å². The maximum absolute atomic E-state index is 11.8. The molecule has 1 amide bonds. The van der Waals surface area contributed by atoms with Crippen LogP contribution in [0.3, 0.4) is 0 Å². The van der Waals surface area contributed by atoms with Gasteiger partial charge < -0.3 is 10.6 Å². The normalized spacial score (nSPS) is 12.2. The van der Waals surface area contributed by atoms with E-state index in [1.807, 2.05) is 26.1 Å². The van der Waals surface area contributed by atoms with Gasteiger partial charge in [-0.3, -0.25) is 4.79 Å². The third kappa shape index (κ3) is 4.57. The fourth-order valence-corrected chi connectivity index (χ4v) is 1.86. The molecule has 2 N–H and O–H groups in total. The summed E-state index contributed by atoms with van der Waals surface area (Å²) in [5, 5.41) is 0. The summed E-state index contributed by atoms with van der Waals surface area (Å²) in [5.41, 5.74) is 8.16. The molecule has 94 valence electrons. The first-order valence-electron chi connectivity index (χ1n) is 6.04. The van der Waals surface area contributed by atoms with Crippen molar-refractivity contribution >= 4 is 5.91 Å². The summed E-state index contributed by atoms with van der Waals surface area (Å²) in [6.45, 7) is 4.60. The zero-order valence-electron chi connectivity index (χ0n) is 10.9. The van der Waals surface area contributed by atoms with Crippen molar-refractivity contribution in [1.82, 2.24) is 4.90 Å². The van der Waals surface area contributed by atoms with Gasteiger partial charge in [-0.2, -0.15) is 0 Å². The van der Waals surface area contributed by atoms with Crippen LogP contribution in [0.25, 0.3) is 0 Å². The standard InChI is InChI=1S/C14H22N2O/c1-11-6-4-5-7-13(11)8-9-14(17)16(3)10-12(2)15/h4-7,12H,8-10,15H2,1-3H3. The van der Waals surface area contributed by atoms with E-state index in [9.17, 15) is 4.79 Å². The van der Waals surface area contributed by atoms with Gasteiger partial charge in [0.1, 0.15) is 0 Å². The molecule has 0 aliphatic heterocycles. The second kappa shape index (κ2) is 6.40. The number of aryl methyl sites for hydroxylation is 2. The number of nitrogens with zero attached hydrogens (tertiary/aromatic N) is 1. The maximum Gasteiger partial charge on any atom is 0.222 e. The molecule has 1 aromatic carbocycles. The summed E-state index contributed by atoms with van der Waals surface area (Å²) < 4.78 is 0. The first-order chi connectivity index (χ1) is 8.00. The van der Waals surface area contributed by atoms with Crippen LogP contribution in [0.2, 0.25) is 0 Å². The molecular formula is C14H22N2O. The summed E-state index contributed by atoms with van der Waals surface area (Å²) in [6, 6.07) is 8.21. The molecule has 0 saturated heterocycles. The Morgan fingerprint density at radius 2 is 2.06 bits per heavy atom. The smallest absolute Gasteiger partial charge is 0.222 e. The second-order valence-corrected chi connectivity index (χ2v) is 4.68. The van der Waals surface area contributed by atoms with Gasteiger partial charge in [0, 0.05) is 26.1 Å². The number of nitrogens with two attached hydrogens (primary N) is 1. The molecule has 3 heteroatoms. The zero-order valence-corrected chi connectivity index (χ0v) is 10.9. The van der Waals surface area contributed by atoms with Gasteiger partial charge in [-0.1, -0.05) is 24.3 Å². The van der Waals surface area contributed by atoms with Gasteiger partial charge in [-0.05, 0) is 31.4 Å². The average Bonchev–Trinajstić information content (AvgIpc) is 2.26. The topological polar surface area (TPSA) is 46.3 Å². The van der Waals surface area contributed by atoms with Gasteiger partial charge in [0.2, 0.25) is 5.91 Å². The minimum Gasteiger partial charge on any atom is -0.344 e. The Morgan fingerprint density at radius 1 is 1.41 bits per heavy atom. The Labute approximate surface area is 104 Å². The number of benzene rings is 1. The van der Waals surface area contributed by atoms with Crippen molar-refractivity contribution in [1.29, 1.82) is 0 Å². The highest BCUT2D eigenvalue weighted by atomic mass is 16.2. The van der Waals surface area contributed by atoms with Crippen molar-refractivity contribution in [3.63, 3.8) is 0 Å². The third-order valence-corrected chi connectivity index (χ3v) is 2.86. The maximum atomic E-state index is 11.8. The lowest BCUT2D eigenvalue weighted by atomic mass is 10.0. The fraction of sp³-hybridized carbons (Fsp3) is 0.500. The highest BCUT2D eigenvalue weighted by molar-refractivity contribution is 5.76. The van der Waals surface area contributed by atoms with Gasteiger partial charge in [-0.25, -0.2) is 0 Å². The average molecular weight is 234 g/mol. The van der Waals surface area contributed by atoms with E-state index in [1.54, 1.807) is 4.90 Å². The van der Waals surface area contributed by atoms with E-state index in [0.717, 1.165) is 6.42 Å². The van der Waals surface area contributed by atoms with Gasteiger partial charge >= 0.3 is 0 Å². The van der Waals surface area contributed by atoms with Gasteiger partial charge in [0.15, 0.2) is 0 Å². The predicted molar refractivity (Wildman–Crippen MR) is 70.8 cm³/mol. The Hall–Kier alpha value is -1.35. The zero-order chi connectivity index (χ0) is 12.8. The van der Waals surface area contributed by atoms with E-state index in [-0.39, 0.29) is 11.9 Å². The first kappa shape index (κ1) is 13.7. The number of carbonyl (C=O) groups excluding carboxylic acids is 1. The Bertz CT molecular complexity index is 374. The van der Waals surface area contributed by atoms with Crippen molar-refractivity contribution in [2.75, 3.05) is 13.6 Å². The Kier molecular flexibility index (Phi) is 5.16. The molecular weight excluding hydrogens is 212 g/mol. The largest absolute Gasteiger partial charge is 0.344 e. The summed E-state index contributed by atoms with van der Waals surface area (Å²) in [4.78, 5) is 13.5. The predicted octanol–water partition coefficient (Wildman–Crippen LogP) is 1.73. The monoisotopic (exact) mass is 234 g/mol. The summed E-state index contributed by atoms with van der Waals surface area (Å²) >= 11 is 0. The van der Waals surface area contributed by atoms with E-state index < -0.39 is 0 Å². The molecule has 3 nitrogen and oxygen atoms in total. The van der Waals surface area contributed by atoms with E-state index in [0.29, 0.717) is 13.0 Å². The molecule has 0 spiro atoms. The lowest BCUT2D eigenvalue weighted by Gasteiger charge is -2.19. The third-order valence-electron chi connectivity index (χ3n) is 2.86. The number of hydrogen-bond acceptors (Lipinski definition) is 2. The van der Waals surface area contributed by atoms with Crippen LogP contribution in [0.5, 0.6) is 0 Å². The van der Waals surface area contributed by atoms with Crippen LogP contribution in [0.4, 0.5) is 0 Å². The van der Waals surface area contributed by atoms with Crippen LogP contribution >= 0.6 is 0 Å². The van der Waals surface area contributed by atoms with E-state index in [2.05, 4.69) is 19.1 Å². The number of likely N-dealkylation sites (N-methyl/N-ethyl adjacent to an activating group) is 1. The van der Waals surface area contributed by atoms with Crippen LogP contribution in [0, 0.1) is 6.92 Å². The molecule has 0 aliphatic rings. The molecule has 0 radical (unpaired) electrons. The molecule has 0 heterocycles. The number of rotatable bonds is 5. The number of hydrogen-bond donors (Lipinski definition) is 1. The number of amides is 1. The summed E-state index contributed by atoms with van der Waals surface area (Å²) in [5.74, 6) is 0.158. The molecule has 1 aromatic rings. The Morgan fingerprint density at radius 3 is 2.65 bits per heavy atom. The summed E-state index contributed by atoms with van der Waals surface area (Å²) in [7, 11) is 1.81. The highest BCUT2D eigenvalue weighted by Gasteiger charge is 2.10. The first-order valence-corrected chi connectivity index (χ1v) is 6.04. The van der Waals surface area contributed by atoms with Crippen molar-refractivity contribution < 1.29 is 4.79 Å². The second-order valence-electron chi connectivity index (χ2n) is 4.68. The summed E-state index contributed by atoms with van der Waals surface area (Å²) in [6.07, 6.45) is 1.35. The van der Waals surface area contributed by atoms with E-state index in [4.69, 9.17) is 5.73 Å². The molecule has 17 heavy (non-hydrogen) atoms. The van der Waals surface area contributed by atoms with Gasteiger partial charge in [-0.15, -0.1) is 0 Å². The van der Waals surface area contributed by atoms with Crippen molar-refractivity contribution in [2.45, 2.75) is 32.7 Å². The van der Waals surface area contributed by atoms with E-state index >= 15 is 0 Å². The van der Waals surface area contributed by atoms with Crippen LogP contribution in [-0.4, -0.2) is 30.4 Å². The van der Waals surface area contributed by atoms with E-state index in [1.165, 1.54) is 11.1 Å². The molecule has 0 saturated carbocycles. The molecule has 0 fully saturated rings. The molecule has 1 atom stereocenters. The Balaban J connectivity index is 2.46. The molecule has 0 bridgehead atoms. The van der Waals surface area contributed by atoms with Crippen LogP contribution in [0.1, 0.15) is 24.5 Å². The minimum absolute atomic E-state index is 0.0300. The molecule has 0 aliphatic carbocycles. The van der Waals surface area contributed by atoms with Crippen molar-refractivity contribution in [3.05, 3.63) is 35.4 Å². The molecule has 1 rings (SSSR count). The fourth-order valence-electron chi connectivity index (χ4n) is 1.86. The van der Waals surface area contributed by atoms with Gasteiger partial charge in [0.05, 0.1) is 0 Å². The van der Waals surface area contributed by atoms with Crippen LogP contribution < -0.4 is 5.73 Å².